The molecule has 2 heteroatoms. The van der Waals surface area contributed by atoms with Crippen molar-refractivity contribution in [2.24, 2.45) is 0 Å². The topological polar surface area (TPSA) is 25.2 Å². The zero-order valence-corrected chi connectivity index (χ0v) is 22.1. The summed E-state index contributed by atoms with van der Waals surface area (Å²) >= 11 is 0. The van der Waals surface area contributed by atoms with Crippen molar-refractivity contribution in [2.75, 3.05) is 5.32 Å². The third kappa shape index (κ3) is 2.73. The quantitative estimate of drug-likeness (QED) is 0.261. The van der Waals surface area contributed by atoms with Crippen molar-refractivity contribution in [3.8, 4) is 22.3 Å². The highest BCUT2D eigenvalue weighted by molar-refractivity contribution is 6.15. The van der Waals surface area contributed by atoms with Gasteiger partial charge in [-0.15, -0.1) is 0 Å². The molecule has 1 aromatic heterocycles. The number of fused-ring (bicyclic) bond motifs is 10. The van der Waals surface area contributed by atoms with Crippen LogP contribution in [0.1, 0.15) is 49.9 Å². The number of furan rings is 1. The van der Waals surface area contributed by atoms with Crippen molar-refractivity contribution in [1.29, 1.82) is 0 Å². The standard InChI is InChI=1S/C36H29NO/c1-35(2)27-16-17-32-34(24-12-8-9-13-31(24)38-32)33(27)26-20-29-25(19-30(26)35)23-15-14-22(18-28(23)36(29,3)4)37-21-10-6-5-7-11-21/h5-20,37H,1-4H3. The number of benzene rings is 5. The molecule has 0 amide bonds. The minimum absolute atomic E-state index is 0.0893. The number of anilines is 2. The number of para-hydroxylation sites is 2. The summed E-state index contributed by atoms with van der Waals surface area (Å²) in [5, 5.41) is 6.03. The van der Waals surface area contributed by atoms with Gasteiger partial charge in [-0.3, -0.25) is 0 Å². The van der Waals surface area contributed by atoms with E-state index in [9.17, 15) is 0 Å². The van der Waals surface area contributed by atoms with Gasteiger partial charge < -0.3 is 9.73 Å². The lowest BCUT2D eigenvalue weighted by molar-refractivity contribution is 0.651. The van der Waals surface area contributed by atoms with Gasteiger partial charge in [0.15, 0.2) is 0 Å². The highest BCUT2D eigenvalue weighted by Crippen LogP contribution is 2.58. The average Bonchev–Trinajstić information content (AvgIpc) is 3.48. The van der Waals surface area contributed by atoms with Gasteiger partial charge in [0, 0.05) is 33.0 Å². The fourth-order valence-electron chi connectivity index (χ4n) is 7.03. The Labute approximate surface area is 222 Å². The summed E-state index contributed by atoms with van der Waals surface area (Å²) in [6, 6.07) is 35.1. The lowest BCUT2D eigenvalue weighted by atomic mass is 9.79. The maximum absolute atomic E-state index is 6.30. The molecule has 0 fully saturated rings. The molecule has 8 rings (SSSR count). The number of hydrogen-bond donors (Lipinski definition) is 1. The molecule has 0 atom stereocenters. The Kier molecular flexibility index (Phi) is 4.10. The number of nitrogens with one attached hydrogen (secondary N) is 1. The van der Waals surface area contributed by atoms with E-state index >= 15 is 0 Å². The predicted molar refractivity (Wildman–Crippen MR) is 159 cm³/mol. The Bertz CT molecular complexity index is 1940. The van der Waals surface area contributed by atoms with Gasteiger partial charge in [-0.05, 0) is 93.0 Å². The van der Waals surface area contributed by atoms with Crippen molar-refractivity contribution in [1.82, 2.24) is 0 Å². The molecular weight excluding hydrogens is 462 g/mol. The first kappa shape index (κ1) is 21.8. The van der Waals surface area contributed by atoms with Crippen LogP contribution in [0.4, 0.5) is 11.4 Å². The van der Waals surface area contributed by atoms with Crippen LogP contribution in [0.5, 0.6) is 0 Å². The molecular formula is C36H29NO. The van der Waals surface area contributed by atoms with E-state index in [1.807, 2.05) is 6.07 Å². The average molecular weight is 492 g/mol. The van der Waals surface area contributed by atoms with Crippen molar-refractivity contribution in [3.05, 3.63) is 119 Å². The predicted octanol–water partition coefficient (Wildman–Crippen LogP) is 9.94. The van der Waals surface area contributed by atoms with Crippen LogP contribution in [0.3, 0.4) is 0 Å². The summed E-state index contributed by atoms with van der Waals surface area (Å²) in [6.45, 7) is 9.47. The second kappa shape index (κ2) is 7.17. The lowest BCUT2D eigenvalue weighted by Gasteiger charge is -2.24. The van der Waals surface area contributed by atoms with Gasteiger partial charge in [0.2, 0.25) is 0 Å². The van der Waals surface area contributed by atoms with Crippen molar-refractivity contribution < 1.29 is 4.42 Å². The Morgan fingerprint density at radius 3 is 2.05 bits per heavy atom. The van der Waals surface area contributed by atoms with Gasteiger partial charge in [-0.2, -0.15) is 0 Å². The second-order valence-corrected chi connectivity index (χ2v) is 11.9. The van der Waals surface area contributed by atoms with E-state index in [2.05, 4.69) is 124 Å². The first-order valence-corrected chi connectivity index (χ1v) is 13.4. The number of rotatable bonds is 2. The molecule has 6 aromatic rings. The van der Waals surface area contributed by atoms with Crippen LogP contribution < -0.4 is 5.32 Å². The molecule has 2 aliphatic carbocycles. The monoisotopic (exact) mass is 491 g/mol. The summed E-state index contributed by atoms with van der Waals surface area (Å²) in [4.78, 5) is 0. The smallest absolute Gasteiger partial charge is 0.136 e. The molecule has 0 spiro atoms. The molecule has 0 saturated carbocycles. The molecule has 1 N–H and O–H groups in total. The first-order valence-electron chi connectivity index (χ1n) is 13.4. The Morgan fingerprint density at radius 1 is 0.526 bits per heavy atom. The van der Waals surface area contributed by atoms with Crippen molar-refractivity contribution >= 4 is 33.3 Å². The van der Waals surface area contributed by atoms with Gasteiger partial charge >= 0.3 is 0 Å². The minimum atomic E-state index is -0.104. The normalized spacial score (nSPS) is 15.8. The van der Waals surface area contributed by atoms with Crippen molar-refractivity contribution in [2.45, 2.75) is 38.5 Å². The molecule has 5 aromatic carbocycles. The molecule has 184 valence electrons. The van der Waals surface area contributed by atoms with Gasteiger partial charge in [0.05, 0.1) is 0 Å². The maximum Gasteiger partial charge on any atom is 0.136 e. The molecule has 0 saturated heterocycles. The molecule has 0 unspecified atom stereocenters. The van der Waals surface area contributed by atoms with Gasteiger partial charge in [0.25, 0.3) is 0 Å². The molecule has 0 bridgehead atoms. The molecule has 2 nitrogen and oxygen atoms in total. The van der Waals surface area contributed by atoms with Crippen LogP contribution in [0.2, 0.25) is 0 Å². The zero-order chi connectivity index (χ0) is 25.8. The fourth-order valence-corrected chi connectivity index (χ4v) is 7.03. The van der Waals surface area contributed by atoms with Crippen LogP contribution in [-0.2, 0) is 10.8 Å². The van der Waals surface area contributed by atoms with E-state index in [4.69, 9.17) is 4.42 Å². The van der Waals surface area contributed by atoms with E-state index in [0.717, 1.165) is 22.5 Å². The van der Waals surface area contributed by atoms with Gasteiger partial charge in [0.1, 0.15) is 11.2 Å². The molecule has 1 heterocycles. The minimum Gasteiger partial charge on any atom is -0.456 e. The Morgan fingerprint density at radius 2 is 1.21 bits per heavy atom. The largest absolute Gasteiger partial charge is 0.456 e. The van der Waals surface area contributed by atoms with E-state index in [1.165, 1.54) is 55.3 Å². The highest BCUT2D eigenvalue weighted by Gasteiger charge is 2.42. The van der Waals surface area contributed by atoms with Crippen LogP contribution in [0.15, 0.2) is 101 Å². The van der Waals surface area contributed by atoms with Crippen LogP contribution in [-0.4, -0.2) is 0 Å². The first-order chi connectivity index (χ1) is 18.3. The van der Waals surface area contributed by atoms with Crippen LogP contribution >= 0.6 is 0 Å². The Hall–Kier alpha value is -4.30. The van der Waals surface area contributed by atoms with Crippen LogP contribution in [0.25, 0.3) is 44.2 Å². The number of hydrogen-bond acceptors (Lipinski definition) is 2. The zero-order valence-electron chi connectivity index (χ0n) is 22.1. The lowest BCUT2D eigenvalue weighted by Crippen LogP contribution is -2.17. The SMILES string of the molecule is CC1(C)c2cc(Nc3ccccc3)ccc2-c2cc3c(cc21)-c1c(ccc2oc4ccccc4c12)C3(C)C. The summed E-state index contributed by atoms with van der Waals surface area (Å²) in [5.74, 6) is 0. The summed E-state index contributed by atoms with van der Waals surface area (Å²) in [5.41, 5.74) is 14.9. The molecule has 0 radical (unpaired) electrons. The van der Waals surface area contributed by atoms with E-state index in [0.29, 0.717) is 0 Å². The summed E-state index contributed by atoms with van der Waals surface area (Å²) in [7, 11) is 0. The van der Waals surface area contributed by atoms with Gasteiger partial charge in [-0.1, -0.05) is 76.2 Å². The molecule has 38 heavy (non-hydrogen) atoms. The van der Waals surface area contributed by atoms with Crippen molar-refractivity contribution in [3.63, 3.8) is 0 Å². The fraction of sp³-hybridized carbons (Fsp3) is 0.167. The third-order valence-electron chi connectivity index (χ3n) is 9.04. The van der Waals surface area contributed by atoms with E-state index < -0.39 is 0 Å². The third-order valence-corrected chi connectivity index (χ3v) is 9.04. The molecule has 0 aliphatic heterocycles. The van der Waals surface area contributed by atoms with E-state index in [1.54, 1.807) is 0 Å². The highest BCUT2D eigenvalue weighted by atomic mass is 16.3. The Balaban J connectivity index is 1.35. The van der Waals surface area contributed by atoms with Gasteiger partial charge in [-0.25, -0.2) is 0 Å². The summed E-state index contributed by atoms with van der Waals surface area (Å²) in [6.07, 6.45) is 0. The van der Waals surface area contributed by atoms with E-state index in [-0.39, 0.29) is 10.8 Å². The second-order valence-electron chi connectivity index (χ2n) is 11.9. The summed E-state index contributed by atoms with van der Waals surface area (Å²) < 4.78 is 6.30. The maximum atomic E-state index is 6.30. The molecule has 2 aliphatic rings. The van der Waals surface area contributed by atoms with Crippen LogP contribution in [0, 0.1) is 0 Å².